The molecule has 19 heavy (non-hydrogen) atoms. The van der Waals surface area contributed by atoms with Gasteiger partial charge in [0, 0.05) is 39.3 Å². The second kappa shape index (κ2) is 6.60. The number of amides is 2. The van der Waals surface area contributed by atoms with Gasteiger partial charge in [-0.05, 0) is 38.5 Å². The highest BCUT2D eigenvalue weighted by atomic mass is 16.2. The highest BCUT2D eigenvalue weighted by Gasteiger charge is 2.27. The molecule has 0 aromatic heterocycles. The standard InChI is InChI=1S/C15H29N3O/c1-12(13-6-4-5-7-13)16-14-8-10-18(11-9-14)15(19)17(2)3/h12-14,16H,4-11H2,1-3H3/t12-/m0/s1. The highest BCUT2D eigenvalue weighted by Crippen LogP contribution is 2.28. The molecule has 0 radical (unpaired) electrons. The van der Waals surface area contributed by atoms with Crippen LogP contribution < -0.4 is 5.32 Å². The van der Waals surface area contributed by atoms with E-state index in [9.17, 15) is 4.79 Å². The molecule has 0 aromatic rings. The van der Waals surface area contributed by atoms with Crippen molar-refractivity contribution in [2.24, 2.45) is 5.92 Å². The van der Waals surface area contributed by atoms with E-state index in [-0.39, 0.29) is 6.03 Å². The fourth-order valence-corrected chi connectivity index (χ4v) is 3.49. The van der Waals surface area contributed by atoms with Crippen molar-refractivity contribution in [2.75, 3.05) is 27.2 Å². The maximum Gasteiger partial charge on any atom is 0.319 e. The van der Waals surface area contributed by atoms with E-state index >= 15 is 0 Å². The smallest absolute Gasteiger partial charge is 0.319 e. The van der Waals surface area contributed by atoms with Crippen molar-refractivity contribution in [1.29, 1.82) is 0 Å². The third-order valence-corrected chi connectivity index (χ3v) is 4.75. The van der Waals surface area contributed by atoms with Crippen molar-refractivity contribution in [3.63, 3.8) is 0 Å². The van der Waals surface area contributed by atoms with Gasteiger partial charge in [-0.15, -0.1) is 0 Å². The molecule has 1 atom stereocenters. The number of piperidine rings is 1. The Balaban J connectivity index is 1.72. The number of hydrogen-bond donors (Lipinski definition) is 1. The van der Waals surface area contributed by atoms with Crippen LogP contribution in [0.25, 0.3) is 0 Å². The van der Waals surface area contributed by atoms with Crippen LogP contribution in [-0.2, 0) is 0 Å². The Morgan fingerprint density at radius 3 is 2.26 bits per heavy atom. The average molecular weight is 267 g/mol. The first kappa shape index (κ1) is 14.6. The topological polar surface area (TPSA) is 35.6 Å². The molecule has 2 aliphatic rings. The second-order valence-electron chi connectivity index (χ2n) is 6.44. The van der Waals surface area contributed by atoms with E-state index in [1.54, 1.807) is 4.90 Å². The van der Waals surface area contributed by atoms with Gasteiger partial charge >= 0.3 is 6.03 Å². The van der Waals surface area contributed by atoms with Crippen LogP contribution in [0.5, 0.6) is 0 Å². The van der Waals surface area contributed by atoms with Crippen LogP contribution in [0.3, 0.4) is 0 Å². The van der Waals surface area contributed by atoms with Crippen LogP contribution >= 0.6 is 0 Å². The Morgan fingerprint density at radius 2 is 1.74 bits per heavy atom. The van der Waals surface area contributed by atoms with Crippen LogP contribution in [-0.4, -0.2) is 55.1 Å². The fourth-order valence-electron chi connectivity index (χ4n) is 3.49. The fraction of sp³-hybridized carbons (Fsp3) is 0.933. The van der Waals surface area contributed by atoms with Crippen molar-refractivity contribution >= 4 is 6.03 Å². The zero-order valence-electron chi connectivity index (χ0n) is 12.7. The van der Waals surface area contributed by atoms with Crippen LogP contribution in [0.2, 0.25) is 0 Å². The zero-order chi connectivity index (χ0) is 13.8. The first-order valence-corrected chi connectivity index (χ1v) is 7.80. The van der Waals surface area contributed by atoms with E-state index in [1.165, 1.54) is 25.7 Å². The zero-order valence-corrected chi connectivity index (χ0v) is 12.7. The minimum absolute atomic E-state index is 0.155. The van der Waals surface area contributed by atoms with E-state index in [0.29, 0.717) is 12.1 Å². The highest BCUT2D eigenvalue weighted by molar-refractivity contribution is 5.73. The maximum absolute atomic E-state index is 11.9. The summed E-state index contributed by atoms with van der Waals surface area (Å²) in [5, 5.41) is 3.80. The van der Waals surface area contributed by atoms with Crippen molar-refractivity contribution in [1.82, 2.24) is 15.1 Å². The molecule has 1 saturated carbocycles. The van der Waals surface area contributed by atoms with Crippen molar-refractivity contribution in [3.8, 4) is 0 Å². The van der Waals surface area contributed by atoms with Gasteiger partial charge in [0.15, 0.2) is 0 Å². The molecule has 0 aromatic carbocycles. The summed E-state index contributed by atoms with van der Waals surface area (Å²) >= 11 is 0. The Kier molecular flexibility index (Phi) is 5.08. The Hall–Kier alpha value is -0.770. The lowest BCUT2D eigenvalue weighted by Gasteiger charge is -2.36. The molecule has 1 saturated heterocycles. The summed E-state index contributed by atoms with van der Waals surface area (Å²) in [4.78, 5) is 15.5. The van der Waals surface area contributed by atoms with Crippen molar-refractivity contribution < 1.29 is 4.79 Å². The molecule has 0 spiro atoms. The summed E-state index contributed by atoms with van der Waals surface area (Å²) < 4.78 is 0. The van der Waals surface area contributed by atoms with E-state index in [2.05, 4.69) is 12.2 Å². The number of rotatable bonds is 3. The van der Waals surface area contributed by atoms with Gasteiger partial charge in [-0.1, -0.05) is 12.8 Å². The molecule has 1 aliphatic heterocycles. The van der Waals surface area contributed by atoms with E-state index in [1.807, 2.05) is 19.0 Å². The number of carbonyl (C=O) groups is 1. The third-order valence-electron chi connectivity index (χ3n) is 4.75. The SMILES string of the molecule is C[C@H](NC1CCN(C(=O)N(C)C)CC1)C1CCCC1. The molecule has 2 rings (SSSR count). The van der Waals surface area contributed by atoms with Gasteiger partial charge < -0.3 is 15.1 Å². The molecule has 4 heteroatoms. The monoisotopic (exact) mass is 267 g/mol. The average Bonchev–Trinajstić information content (AvgIpc) is 2.92. The molecule has 0 unspecified atom stereocenters. The summed E-state index contributed by atoms with van der Waals surface area (Å²) in [6, 6.07) is 1.40. The predicted octanol–water partition coefficient (Wildman–Crippen LogP) is 2.30. The number of likely N-dealkylation sites (tertiary alicyclic amines) is 1. The lowest BCUT2D eigenvalue weighted by molar-refractivity contribution is 0.149. The summed E-state index contributed by atoms with van der Waals surface area (Å²) in [5.41, 5.74) is 0. The minimum Gasteiger partial charge on any atom is -0.331 e. The number of urea groups is 1. The predicted molar refractivity (Wildman–Crippen MR) is 78.2 cm³/mol. The van der Waals surface area contributed by atoms with Crippen molar-refractivity contribution in [3.05, 3.63) is 0 Å². The molecular formula is C15H29N3O. The Morgan fingerprint density at radius 1 is 1.16 bits per heavy atom. The number of carbonyl (C=O) groups excluding carboxylic acids is 1. The van der Waals surface area contributed by atoms with Gasteiger partial charge in [-0.2, -0.15) is 0 Å². The van der Waals surface area contributed by atoms with Gasteiger partial charge in [0.25, 0.3) is 0 Å². The van der Waals surface area contributed by atoms with Gasteiger partial charge in [-0.3, -0.25) is 0 Å². The molecule has 4 nitrogen and oxygen atoms in total. The Labute approximate surface area is 117 Å². The third kappa shape index (κ3) is 3.85. The van der Waals surface area contributed by atoms with Crippen LogP contribution in [0.1, 0.15) is 45.4 Å². The summed E-state index contributed by atoms with van der Waals surface area (Å²) in [6.07, 6.45) is 7.80. The largest absolute Gasteiger partial charge is 0.331 e. The number of nitrogens with one attached hydrogen (secondary N) is 1. The molecule has 2 amide bonds. The lowest BCUT2D eigenvalue weighted by Crippen LogP contribution is -2.50. The van der Waals surface area contributed by atoms with Gasteiger partial charge in [0.05, 0.1) is 0 Å². The van der Waals surface area contributed by atoms with E-state index < -0.39 is 0 Å². The van der Waals surface area contributed by atoms with Gasteiger partial charge in [0.1, 0.15) is 0 Å². The normalized spacial score (nSPS) is 23.6. The number of hydrogen-bond acceptors (Lipinski definition) is 2. The quantitative estimate of drug-likeness (QED) is 0.851. The maximum atomic E-state index is 11.9. The molecule has 1 aliphatic carbocycles. The summed E-state index contributed by atoms with van der Waals surface area (Å²) in [6.45, 7) is 4.13. The minimum atomic E-state index is 0.155. The molecule has 1 N–H and O–H groups in total. The first-order valence-electron chi connectivity index (χ1n) is 7.80. The van der Waals surface area contributed by atoms with Gasteiger partial charge in [-0.25, -0.2) is 4.79 Å². The molecule has 110 valence electrons. The van der Waals surface area contributed by atoms with Crippen molar-refractivity contribution in [2.45, 2.75) is 57.5 Å². The van der Waals surface area contributed by atoms with Crippen LogP contribution in [0, 0.1) is 5.92 Å². The molecular weight excluding hydrogens is 238 g/mol. The molecule has 2 fully saturated rings. The van der Waals surface area contributed by atoms with E-state index in [0.717, 1.165) is 31.8 Å². The van der Waals surface area contributed by atoms with Gasteiger partial charge in [0.2, 0.25) is 0 Å². The first-order chi connectivity index (χ1) is 9.08. The van der Waals surface area contributed by atoms with E-state index in [4.69, 9.17) is 0 Å². The molecule has 0 bridgehead atoms. The summed E-state index contributed by atoms with van der Waals surface area (Å²) in [7, 11) is 3.66. The molecule has 1 heterocycles. The second-order valence-corrected chi connectivity index (χ2v) is 6.44. The number of nitrogens with zero attached hydrogens (tertiary/aromatic N) is 2. The van der Waals surface area contributed by atoms with Crippen LogP contribution in [0.15, 0.2) is 0 Å². The van der Waals surface area contributed by atoms with Crippen LogP contribution in [0.4, 0.5) is 4.79 Å². The summed E-state index contributed by atoms with van der Waals surface area (Å²) in [5.74, 6) is 0.876. The lowest BCUT2D eigenvalue weighted by atomic mass is 9.96. The Bertz CT molecular complexity index is 292.